The number of aryl methyl sites for hydroxylation is 1. The zero-order valence-corrected chi connectivity index (χ0v) is 16.9. The Kier molecular flexibility index (Phi) is 6.53. The fourth-order valence-electron chi connectivity index (χ4n) is 3.44. The Labute approximate surface area is 161 Å². The number of amides is 1. The van der Waals surface area contributed by atoms with Crippen LogP contribution in [0.25, 0.3) is 0 Å². The first-order chi connectivity index (χ1) is 11.8. The number of nitrogens with zero attached hydrogens (tertiary/aromatic N) is 3. The van der Waals surface area contributed by atoms with E-state index in [2.05, 4.69) is 41.1 Å². The Hall–Kier alpha value is -1.79. The molecule has 1 saturated heterocycles. The van der Waals surface area contributed by atoms with Gasteiger partial charge in [-0.05, 0) is 49.9 Å². The van der Waals surface area contributed by atoms with E-state index in [-0.39, 0.29) is 23.7 Å². The average molecular weight is 380 g/mol. The first kappa shape index (κ1) is 20.5. The van der Waals surface area contributed by atoms with Gasteiger partial charge in [0.15, 0.2) is 0 Å². The molecule has 3 rings (SSSR count). The van der Waals surface area contributed by atoms with Gasteiger partial charge in [0.05, 0.1) is 5.69 Å². The summed E-state index contributed by atoms with van der Waals surface area (Å²) in [5.74, 6) is 0.663. The molecular formula is C19H30ClN5O. The molecular weight excluding hydrogens is 350 g/mol. The molecule has 3 heterocycles. The van der Waals surface area contributed by atoms with Gasteiger partial charge in [0.25, 0.3) is 5.91 Å². The Morgan fingerprint density at radius 1 is 1.35 bits per heavy atom. The summed E-state index contributed by atoms with van der Waals surface area (Å²) in [5, 5.41) is 10.9. The van der Waals surface area contributed by atoms with Crippen molar-refractivity contribution in [3.05, 3.63) is 35.8 Å². The molecule has 0 spiro atoms. The minimum absolute atomic E-state index is 0. The third-order valence-corrected chi connectivity index (χ3v) is 4.60. The molecule has 1 amide bonds. The van der Waals surface area contributed by atoms with Crippen LogP contribution in [0, 0.1) is 5.41 Å². The monoisotopic (exact) mass is 379 g/mol. The van der Waals surface area contributed by atoms with Gasteiger partial charge >= 0.3 is 0 Å². The smallest absolute Gasteiger partial charge is 0.273 e. The lowest BCUT2D eigenvalue weighted by Gasteiger charge is -2.25. The van der Waals surface area contributed by atoms with E-state index in [9.17, 15) is 4.79 Å². The minimum atomic E-state index is -0.0751. The molecule has 7 heteroatoms. The molecule has 0 radical (unpaired) electrons. The molecule has 2 aromatic rings. The highest BCUT2D eigenvalue weighted by atomic mass is 35.5. The number of rotatable bonds is 4. The maximum atomic E-state index is 12.8. The molecule has 0 bridgehead atoms. The van der Waals surface area contributed by atoms with Crippen molar-refractivity contribution in [2.24, 2.45) is 12.5 Å². The van der Waals surface area contributed by atoms with E-state index in [1.165, 1.54) is 0 Å². The quantitative estimate of drug-likeness (QED) is 0.855. The van der Waals surface area contributed by atoms with E-state index in [4.69, 9.17) is 0 Å². The second-order valence-corrected chi connectivity index (χ2v) is 8.12. The van der Waals surface area contributed by atoms with Gasteiger partial charge in [-0.1, -0.05) is 20.8 Å². The summed E-state index contributed by atoms with van der Waals surface area (Å²) in [7, 11) is 1.87. The third kappa shape index (κ3) is 4.89. The lowest BCUT2D eigenvalue weighted by Crippen LogP contribution is -2.31. The number of nitrogens with one attached hydrogen (secondary N) is 2. The van der Waals surface area contributed by atoms with Crippen LogP contribution in [0.1, 0.15) is 55.8 Å². The molecule has 1 aliphatic rings. The number of hydrogen-bond acceptors (Lipinski definition) is 3. The molecule has 144 valence electrons. The van der Waals surface area contributed by atoms with Crippen LogP contribution < -0.4 is 10.6 Å². The van der Waals surface area contributed by atoms with Crippen molar-refractivity contribution in [2.75, 3.05) is 18.4 Å². The molecule has 6 nitrogen and oxygen atoms in total. The predicted octanol–water partition coefficient (Wildman–Crippen LogP) is 3.41. The van der Waals surface area contributed by atoms with Crippen LogP contribution in [0.2, 0.25) is 0 Å². The van der Waals surface area contributed by atoms with Crippen LogP contribution in [-0.4, -0.2) is 33.3 Å². The first-order valence-corrected chi connectivity index (χ1v) is 9.05. The van der Waals surface area contributed by atoms with Crippen molar-refractivity contribution >= 4 is 24.1 Å². The van der Waals surface area contributed by atoms with Crippen molar-refractivity contribution < 1.29 is 4.79 Å². The van der Waals surface area contributed by atoms with Gasteiger partial charge in [-0.2, -0.15) is 5.10 Å². The topological polar surface area (TPSA) is 63.9 Å². The summed E-state index contributed by atoms with van der Waals surface area (Å²) < 4.78 is 3.86. The number of carbonyl (C=O) groups excluding carboxylic acids is 1. The third-order valence-electron chi connectivity index (χ3n) is 4.60. The van der Waals surface area contributed by atoms with Gasteiger partial charge in [0.2, 0.25) is 0 Å². The van der Waals surface area contributed by atoms with Crippen molar-refractivity contribution in [3.63, 3.8) is 0 Å². The maximum absolute atomic E-state index is 12.8. The minimum Gasteiger partial charge on any atom is -0.340 e. The Morgan fingerprint density at radius 3 is 2.69 bits per heavy atom. The largest absolute Gasteiger partial charge is 0.340 e. The fourth-order valence-corrected chi connectivity index (χ4v) is 3.44. The fraction of sp³-hybridized carbons (Fsp3) is 0.579. The number of piperidine rings is 1. The van der Waals surface area contributed by atoms with Crippen LogP contribution in [-0.2, 0) is 13.5 Å². The highest BCUT2D eigenvalue weighted by Crippen LogP contribution is 2.24. The summed E-state index contributed by atoms with van der Waals surface area (Å²) in [6.45, 7) is 8.56. The van der Waals surface area contributed by atoms with E-state index < -0.39 is 0 Å². The predicted molar refractivity (Wildman–Crippen MR) is 107 cm³/mol. The van der Waals surface area contributed by atoms with Crippen LogP contribution in [0.15, 0.2) is 24.4 Å². The Balaban J connectivity index is 0.00000243. The Morgan fingerprint density at radius 2 is 2.04 bits per heavy atom. The molecule has 2 aromatic heterocycles. The lowest BCUT2D eigenvalue weighted by atomic mass is 9.91. The molecule has 1 fully saturated rings. The van der Waals surface area contributed by atoms with Crippen LogP contribution in [0.3, 0.4) is 0 Å². The molecule has 0 atom stereocenters. The zero-order chi connectivity index (χ0) is 18.0. The lowest BCUT2D eigenvalue weighted by molar-refractivity contribution is 0.101. The summed E-state index contributed by atoms with van der Waals surface area (Å²) in [4.78, 5) is 12.8. The number of hydrogen-bond donors (Lipinski definition) is 2. The van der Waals surface area contributed by atoms with Gasteiger partial charge in [0, 0.05) is 25.4 Å². The highest BCUT2D eigenvalue weighted by molar-refractivity contribution is 6.02. The zero-order valence-electron chi connectivity index (χ0n) is 16.1. The van der Waals surface area contributed by atoms with Crippen molar-refractivity contribution in [1.82, 2.24) is 19.7 Å². The van der Waals surface area contributed by atoms with E-state index in [0.717, 1.165) is 43.9 Å². The van der Waals surface area contributed by atoms with Crippen LogP contribution in [0.4, 0.5) is 5.82 Å². The molecule has 0 saturated carbocycles. The van der Waals surface area contributed by atoms with E-state index >= 15 is 0 Å². The first-order valence-electron chi connectivity index (χ1n) is 9.05. The van der Waals surface area contributed by atoms with Gasteiger partial charge in [-0.25, -0.2) is 0 Å². The van der Waals surface area contributed by atoms with E-state index in [0.29, 0.717) is 11.7 Å². The average Bonchev–Trinajstić information content (AvgIpc) is 3.14. The van der Waals surface area contributed by atoms with Crippen LogP contribution in [0.5, 0.6) is 0 Å². The summed E-state index contributed by atoms with van der Waals surface area (Å²) >= 11 is 0. The van der Waals surface area contributed by atoms with Crippen molar-refractivity contribution in [2.45, 2.75) is 46.1 Å². The van der Waals surface area contributed by atoms with Crippen LogP contribution >= 0.6 is 12.4 Å². The van der Waals surface area contributed by atoms with Gasteiger partial charge in [0.1, 0.15) is 11.5 Å². The van der Waals surface area contributed by atoms with Crippen molar-refractivity contribution in [1.29, 1.82) is 0 Å². The van der Waals surface area contributed by atoms with Gasteiger partial charge in [-0.3, -0.25) is 9.48 Å². The molecule has 0 aromatic carbocycles. The number of carbonyl (C=O) groups is 1. The molecule has 1 aliphatic heterocycles. The molecule has 0 aliphatic carbocycles. The maximum Gasteiger partial charge on any atom is 0.273 e. The summed E-state index contributed by atoms with van der Waals surface area (Å²) in [5.41, 5.74) is 1.88. The van der Waals surface area contributed by atoms with Crippen molar-refractivity contribution in [3.8, 4) is 0 Å². The second-order valence-electron chi connectivity index (χ2n) is 8.12. The number of halogens is 1. The molecule has 26 heavy (non-hydrogen) atoms. The normalized spacial score (nSPS) is 15.5. The van der Waals surface area contributed by atoms with E-state index in [1.807, 2.05) is 31.4 Å². The highest BCUT2D eigenvalue weighted by Gasteiger charge is 2.21. The van der Waals surface area contributed by atoms with Gasteiger partial charge < -0.3 is 15.2 Å². The number of aromatic nitrogens is 3. The standard InChI is InChI=1S/C19H29N5O.ClH/c1-19(2,3)13-14-12-17(23(4)22-14)21-18(25)16-6-5-11-24(16)15-7-9-20-10-8-15;/h5-6,11-12,15,20H,7-10,13H2,1-4H3,(H,21,25);1H. The summed E-state index contributed by atoms with van der Waals surface area (Å²) in [6, 6.07) is 6.20. The van der Waals surface area contributed by atoms with Gasteiger partial charge in [-0.15, -0.1) is 12.4 Å². The Bertz CT molecular complexity index is 737. The summed E-state index contributed by atoms with van der Waals surface area (Å²) in [6.07, 6.45) is 4.99. The molecule has 0 unspecified atom stereocenters. The van der Waals surface area contributed by atoms with E-state index in [1.54, 1.807) is 4.68 Å². The SMILES string of the molecule is Cl.Cn1nc(CC(C)(C)C)cc1NC(=O)c1cccn1C1CCNCC1. The number of anilines is 1. The molecule has 2 N–H and O–H groups in total. The second kappa shape index (κ2) is 8.27.